The summed E-state index contributed by atoms with van der Waals surface area (Å²) in [5, 5.41) is 10.3. The van der Waals surface area contributed by atoms with Gasteiger partial charge in [-0.3, -0.25) is 4.90 Å². The maximum absolute atomic E-state index is 11.3. The van der Waals surface area contributed by atoms with Crippen molar-refractivity contribution in [1.29, 1.82) is 0 Å². The van der Waals surface area contributed by atoms with Gasteiger partial charge >= 0.3 is 0 Å². The molecule has 0 radical (unpaired) electrons. The standard InChI is InChI=1S/C16H27N7O2S/c1-17-15-16(21-26(24)20-15)18-7-3-6-10-25-23-13-14(11-19-23)12-22-8-4-2-5-9-22/h11,13H,2-10,12H2,1H3,(H,17,20)(H,18,21). The molecule has 3 heterocycles. The minimum atomic E-state index is -1.51. The normalized spacial score (nSPS) is 15.8. The fourth-order valence-corrected chi connectivity index (χ4v) is 3.68. The lowest BCUT2D eigenvalue weighted by Crippen LogP contribution is -2.28. The zero-order chi connectivity index (χ0) is 18.2. The second-order valence-electron chi connectivity index (χ2n) is 6.42. The molecule has 2 N–H and O–H groups in total. The fraction of sp³-hybridized carbons (Fsp3) is 0.688. The summed E-state index contributed by atoms with van der Waals surface area (Å²) in [4.78, 5) is 9.68. The van der Waals surface area contributed by atoms with Crippen molar-refractivity contribution in [3.05, 3.63) is 18.0 Å². The summed E-state index contributed by atoms with van der Waals surface area (Å²) in [6.45, 7) is 4.62. The van der Waals surface area contributed by atoms with E-state index in [1.165, 1.54) is 37.9 Å². The van der Waals surface area contributed by atoms with Crippen molar-refractivity contribution in [3.63, 3.8) is 0 Å². The highest BCUT2D eigenvalue weighted by atomic mass is 32.2. The summed E-state index contributed by atoms with van der Waals surface area (Å²) >= 11 is -1.51. The van der Waals surface area contributed by atoms with Gasteiger partial charge < -0.3 is 20.0 Å². The molecule has 0 spiro atoms. The van der Waals surface area contributed by atoms with E-state index in [1.807, 2.05) is 12.4 Å². The van der Waals surface area contributed by atoms with Crippen molar-refractivity contribution >= 4 is 22.8 Å². The van der Waals surface area contributed by atoms with E-state index < -0.39 is 11.1 Å². The number of hydrogen-bond acceptors (Lipinski definition) is 8. The summed E-state index contributed by atoms with van der Waals surface area (Å²) in [7, 11) is 1.73. The van der Waals surface area contributed by atoms with E-state index in [2.05, 4.69) is 29.4 Å². The molecule has 0 saturated carbocycles. The number of nitrogens with one attached hydrogen (secondary N) is 2. The van der Waals surface area contributed by atoms with E-state index in [9.17, 15) is 4.55 Å². The van der Waals surface area contributed by atoms with Crippen molar-refractivity contribution in [2.45, 2.75) is 38.6 Å². The van der Waals surface area contributed by atoms with Crippen molar-refractivity contribution in [1.82, 2.24) is 23.6 Å². The Hall–Kier alpha value is -1.91. The Morgan fingerprint density at radius 1 is 1.19 bits per heavy atom. The molecule has 0 bridgehead atoms. The second kappa shape index (κ2) is 9.70. The quantitative estimate of drug-likeness (QED) is 0.474. The van der Waals surface area contributed by atoms with E-state index in [0.29, 0.717) is 18.2 Å². The van der Waals surface area contributed by atoms with Gasteiger partial charge in [-0.15, -0.1) is 9.94 Å². The molecule has 10 heteroatoms. The Balaban J connectivity index is 1.30. The van der Waals surface area contributed by atoms with Gasteiger partial charge in [0.25, 0.3) is 0 Å². The lowest BCUT2D eigenvalue weighted by atomic mass is 10.1. The molecule has 2 aromatic heterocycles. The lowest BCUT2D eigenvalue weighted by Gasteiger charge is -2.25. The molecule has 1 saturated heterocycles. The van der Waals surface area contributed by atoms with Crippen LogP contribution in [0.1, 0.15) is 37.7 Å². The zero-order valence-corrected chi connectivity index (χ0v) is 16.0. The number of rotatable bonds is 10. The van der Waals surface area contributed by atoms with Crippen LogP contribution in [0.4, 0.5) is 11.6 Å². The molecule has 1 fully saturated rings. The highest BCUT2D eigenvalue weighted by Crippen LogP contribution is 2.21. The molecular formula is C16H27N7O2S. The average Bonchev–Trinajstić information content (AvgIpc) is 3.24. The van der Waals surface area contributed by atoms with Crippen LogP contribution in [0.2, 0.25) is 0 Å². The molecule has 3 rings (SSSR count). The molecule has 1 atom stereocenters. The summed E-state index contributed by atoms with van der Waals surface area (Å²) in [5.74, 6) is 1.10. The molecule has 2 aromatic rings. The number of hydrogen-bond donors (Lipinski definition) is 2. The van der Waals surface area contributed by atoms with Crippen LogP contribution in [0.3, 0.4) is 0 Å². The third kappa shape index (κ3) is 5.55. The number of nitrogens with zero attached hydrogens (tertiary/aromatic N) is 5. The highest BCUT2D eigenvalue weighted by molar-refractivity contribution is 7.14. The first-order chi connectivity index (χ1) is 12.7. The van der Waals surface area contributed by atoms with Crippen molar-refractivity contribution in [2.24, 2.45) is 0 Å². The first-order valence-electron chi connectivity index (χ1n) is 9.15. The molecule has 26 heavy (non-hydrogen) atoms. The van der Waals surface area contributed by atoms with Gasteiger partial charge in [-0.05, 0) is 38.8 Å². The second-order valence-corrected chi connectivity index (χ2v) is 7.24. The van der Waals surface area contributed by atoms with Crippen LogP contribution < -0.4 is 15.5 Å². The van der Waals surface area contributed by atoms with E-state index in [1.54, 1.807) is 11.9 Å². The fourth-order valence-electron chi connectivity index (χ4n) is 3.00. The van der Waals surface area contributed by atoms with Crippen molar-refractivity contribution < 1.29 is 9.39 Å². The summed E-state index contributed by atoms with van der Waals surface area (Å²) < 4.78 is 19.0. The van der Waals surface area contributed by atoms with Crippen molar-refractivity contribution in [2.75, 3.05) is 43.9 Å². The molecule has 9 nitrogen and oxygen atoms in total. The van der Waals surface area contributed by atoms with Gasteiger partial charge in [0.2, 0.25) is 11.6 Å². The Morgan fingerprint density at radius 3 is 2.81 bits per heavy atom. The smallest absolute Gasteiger partial charge is 0.232 e. The van der Waals surface area contributed by atoms with Crippen LogP contribution in [0.5, 0.6) is 0 Å². The predicted octanol–water partition coefficient (Wildman–Crippen LogP) is 1.75. The average molecular weight is 382 g/mol. The Morgan fingerprint density at radius 2 is 2.00 bits per heavy atom. The van der Waals surface area contributed by atoms with Crippen LogP contribution in [-0.2, 0) is 6.54 Å². The predicted molar refractivity (Wildman–Crippen MR) is 101 cm³/mol. The Labute approximate surface area is 156 Å². The Bertz CT molecular complexity index is 669. The molecule has 1 unspecified atom stereocenters. The van der Waals surface area contributed by atoms with E-state index in [0.717, 1.165) is 25.9 Å². The molecule has 0 aliphatic carbocycles. The van der Waals surface area contributed by atoms with Crippen LogP contribution in [0.15, 0.2) is 12.4 Å². The number of piperidine rings is 1. The lowest BCUT2D eigenvalue weighted by molar-refractivity contribution is 0.0797. The number of likely N-dealkylation sites (tertiary alicyclic amines) is 1. The van der Waals surface area contributed by atoms with Crippen LogP contribution in [-0.4, -0.2) is 61.4 Å². The van der Waals surface area contributed by atoms with Gasteiger partial charge in [-0.1, -0.05) is 6.42 Å². The number of anilines is 2. The van der Waals surface area contributed by atoms with Crippen molar-refractivity contribution in [3.8, 4) is 0 Å². The highest BCUT2D eigenvalue weighted by Gasteiger charge is 2.13. The van der Waals surface area contributed by atoms with Gasteiger partial charge in [0.1, 0.15) is 6.61 Å². The SMILES string of the molecule is CNc1n[s+]([O-])nc1NCCCCOn1cc(CN2CCCCC2)cn1. The first kappa shape index (κ1) is 18.9. The molecular weight excluding hydrogens is 354 g/mol. The van der Waals surface area contributed by atoms with Gasteiger partial charge in [0.15, 0.2) is 11.1 Å². The van der Waals surface area contributed by atoms with Gasteiger partial charge in [0, 0.05) is 34.4 Å². The number of unbranched alkanes of at least 4 members (excludes halogenated alkanes) is 1. The third-order valence-electron chi connectivity index (χ3n) is 4.36. The largest absolute Gasteiger partial charge is 0.546 e. The van der Waals surface area contributed by atoms with Crippen LogP contribution in [0, 0.1) is 0 Å². The van der Waals surface area contributed by atoms with E-state index >= 15 is 0 Å². The van der Waals surface area contributed by atoms with Gasteiger partial charge in [-0.2, -0.15) is 0 Å². The Kier molecular flexibility index (Phi) is 7.04. The molecule has 144 valence electrons. The summed E-state index contributed by atoms with van der Waals surface area (Å²) in [5.41, 5.74) is 1.19. The number of aromatic nitrogens is 4. The van der Waals surface area contributed by atoms with E-state index in [-0.39, 0.29) is 0 Å². The minimum absolute atomic E-state index is 0.539. The molecule has 1 aliphatic heterocycles. The van der Waals surface area contributed by atoms with Gasteiger partial charge in [-0.25, -0.2) is 0 Å². The van der Waals surface area contributed by atoms with E-state index in [4.69, 9.17) is 4.84 Å². The maximum Gasteiger partial charge on any atom is 0.232 e. The third-order valence-corrected chi connectivity index (χ3v) is 5.03. The van der Waals surface area contributed by atoms with Crippen LogP contribution >= 0.6 is 11.1 Å². The minimum Gasteiger partial charge on any atom is -0.546 e. The zero-order valence-electron chi connectivity index (χ0n) is 15.2. The van der Waals surface area contributed by atoms with Crippen LogP contribution in [0.25, 0.3) is 0 Å². The summed E-state index contributed by atoms with van der Waals surface area (Å²) in [6.07, 6.45) is 9.58. The topological polar surface area (TPSA) is 103 Å². The molecule has 0 aromatic carbocycles. The maximum atomic E-state index is 11.3. The monoisotopic (exact) mass is 381 g/mol. The molecule has 1 aliphatic rings. The molecule has 0 amide bonds. The van der Waals surface area contributed by atoms with Gasteiger partial charge in [0.05, 0.1) is 12.4 Å². The summed E-state index contributed by atoms with van der Waals surface area (Å²) in [6, 6.07) is 0. The first-order valence-corrected chi connectivity index (χ1v) is 10.2.